The van der Waals surface area contributed by atoms with Crippen molar-refractivity contribution in [3.8, 4) is 0 Å². The van der Waals surface area contributed by atoms with Gasteiger partial charge in [-0.05, 0) is 41.7 Å². The fourth-order valence-corrected chi connectivity index (χ4v) is 2.82. The number of rotatable bonds is 5. The number of likely N-dealkylation sites (N-methyl/N-ethyl adjacent to an activating group) is 1. The van der Waals surface area contributed by atoms with Gasteiger partial charge in [-0.1, -0.05) is 30.3 Å². The summed E-state index contributed by atoms with van der Waals surface area (Å²) in [6.45, 7) is 0. The lowest BCUT2D eigenvalue weighted by molar-refractivity contribution is -0.120. The second-order valence-corrected chi connectivity index (χ2v) is 6.01. The fourth-order valence-electron chi connectivity index (χ4n) is 2.82. The Balaban J connectivity index is 1.58. The molecule has 2 N–H and O–H groups in total. The van der Waals surface area contributed by atoms with E-state index in [1.165, 1.54) is 6.07 Å². The molecule has 2 atom stereocenters. The van der Waals surface area contributed by atoms with Crippen LogP contribution in [0.1, 0.15) is 23.5 Å². The van der Waals surface area contributed by atoms with E-state index in [0.29, 0.717) is 24.1 Å². The van der Waals surface area contributed by atoms with Gasteiger partial charge in [0.2, 0.25) is 11.8 Å². The predicted octanol–water partition coefficient (Wildman–Crippen LogP) is 2.86. The van der Waals surface area contributed by atoms with Crippen LogP contribution in [-0.4, -0.2) is 18.9 Å². The number of nitrogens with one attached hydrogen (secondary N) is 2. The third kappa shape index (κ3) is 3.62. The van der Waals surface area contributed by atoms with E-state index >= 15 is 0 Å². The van der Waals surface area contributed by atoms with Crippen molar-refractivity contribution in [2.24, 2.45) is 5.92 Å². The van der Waals surface area contributed by atoms with E-state index in [1.54, 1.807) is 37.4 Å². The van der Waals surface area contributed by atoms with Gasteiger partial charge in [-0.2, -0.15) is 0 Å². The van der Waals surface area contributed by atoms with Crippen LogP contribution in [0, 0.1) is 11.7 Å². The van der Waals surface area contributed by atoms with Gasteiger partial charge in [0.25, 0.3) is 0 Å². The van der Waals surface area contributed by atoms with Crippen molar-refractivity contribution in [1.82, 2.24) is 5.32 Å². The molecule has 3 rings (SSSR count). The highest BCUT2D eigenvalue weighted by Crippen LogP contribution is 2.48. The third-order valence-electron chi connectivity index (χ3n) is 4.30. The minimum Gasteiger partial charge on any atom is -0.359 e. The molecule has 2 aromatic rings. The molecule has 4 nitrogen and oxygen atoms in total. The van der Waals surface area contributed by atoms with Crippen LogP contribution in [0.25, 0.3) is 0 Å². The van der Waals surface area contributed by atoms with E-state index in [4.69, 9.17) is 0 Å². The minimum atomic E-state index is -0.253. The molecule has 0 saturated heterocycles. The van der Waals surface area contributed by atoms with Gasteiger partial charge in [0.1, 0.15) is 5.82 Å². The van der Waals surface area contributed by atoms with Gasteiger partial charge < -0.3 is 10.6 Å². The summed E-state index contributed by atoms with van der Waals surface area (Å²) in [6, 6.07) is 13.8. The van der Waals surface area contributed by atoms with Crippen molar-refractivity contribution in [2.45, 2.75) is 18.8 Å². The van der Waals surface area contributed by atoms with Crippen LogP contribution in [0.15, 0.2) is 48.5 Å². The zero-order chi connectivity index (χ0) is 17.1. The topological polar surface area (TPSA) is 58.2 Å². The quantitative estimate of drug-likeness (QED) is 0.888. The molecule has 0 bridgehead atoms. The maximum atomic E-state index is 13.8. The molecule has 1 saturated carbocycles. The van der Waals surface area contributed by atoms with Crippen LogP contribution < -0.4 is 10.6 Å². The second kappa shape index (κ2) is 6.83. The number of benzene rings is 2. The SMILES string of the molecule is CNC(=O)Cc1ccc(NC(=O)C2CC2c2ccccc2F)cc1. The maximum absolute atomic E-state index is 13.8. The van der Waals surface area contributed by atoms with Crippen LogP contribution in [0.2, 0.25) is 0 Å². The number of carbonyl (C=O) groups excluding carboxylic acids is 2. The van der Waals surface area contributed by atoms with Crippen molar-refractivity contribution >= 4 is 17.5 Å². The molecule has 0 aliphatic heterocycles. The van der Waals surface area contributed by atoms with Crippen LogP contribution >= 0.6 is 0 Å². The summed E-state index contributed by atoms with van der Waals surface area (Å²) < 4.78 is 13.8. The molecule has 0 heterocycles. The van der Waals surface area contributed by atoms with E-state index in [0.717, 1.165) is 5.56 Å². The Hall–Kier alpha value is -2.69. The molecule has 1 fully saturated rings. The normalized spacial score (nSPS) is 18.8. The van der Waals surface area contributed by atoms with Crippen molar-refractivity contribution in [3.63, 3.8) is 0 Å². The molecule has 2 unspecified atom stereocenters. The zero-order valence-corrected chi connectivity index (χ0v) is 13.4. The number of hydrogen-bond donors (Lipinski definition) is 2. The Morgan fingerprint density at radius 3 is 2.50 bits per heavy atom. The fraction of sp³-hybridized carbons (Fsp3) is 0.263. The molecule has 2 aromatic carbocycles. The minimum absolute atomic E-state index is 0.0428. The number of amides is 2. The molecule has 124 valence electrons. The molecule has 0 aromatic heterocycles. The summed E-state index contributed by atoms with van der Waals surface area (Å²) in [6.07, 6.45) is 0.976. The molecular weight excluding hydrogens is 307 g/mol. The first kappa shape index (κ1) is 16.2. The Kier molecular flexibility index (Phi) is 4.60. The van der Waals surface area contributed by atoms with E-state index in [9.17, 15) is 14.0 Å². The number of anilines is 1. The molecule has 0 radical (unpaired) electrons. The summed E-state index contributed by atoms with van der Waals surface area (Å²) in [5.41, 5.74) is 2.17. The lowest BCUT2D eigenvalue weighted by atomic mass is 10.1. The molecule has 1 aliphatic rings. The standard InChI is InChI=1S/C19H19FN2O2/c1-21-18(23)10-12-6-8-13(9-7-12)22-19(24)16-11-15(16)14-4-2-3-5-17(14)20/h2-9,15-16H,10-11H2,1H3,(H,21,23)(H,22,24). The molecule has 24 heavy (non-hydrogen) atoms. The van der Waals surface area contributed by atoms with Crippen LogP contribution in [0.5, 0.6) is 0 Å². The zero-order valence-electron chi connectivity index (χ0n) is 13.4. The number of halogens is 1. The first-order valence-electron chi connectivity index (χ1n) is 7.93. The van der Waals surface area contributed by atoms with E-state index in [2.05, 4.69) is 10.6 Å². The van der Waals surface area contributed by atoms with Crippen molar-refractivity contribution in [3.05, 3.63) is 65.5 Å². The highest BCUT2D eigenvalue weighted by molar-refractivity contribution is 5.95. The van der Waals surface area contributed by atoms with E-state index in [1.807, 2.05) is 12.1 Å². The lowest BCUT2D eigenvalue weighted by Gasteiger charge is -2.07. The van der Waals surface area contributed by atoms with Gasteiger partial charge in [-0.15, -0.1) is 0 Å². The average molecular weight is 326 g/mol. The Labute approximate surface area is 140 Å². The van der Waals surface area contributed by atoms with Gasteiger partial charge >= 0.3 is 0 Å². The second-order valence-electron chi connectivity index (χ2n) is 6.01. The predicted molar refractivity (Wildman–Crippen MR) is 90.1 cm³/mol. The number of carbonyl (C=O) groups is 2. The largest absolute Gasteiger partial charge is 0.359 e. The highest BCUT2D eigenvalue weighted by Gasteiger charge is 2.45. The number of hydrogen-bond acceptors (Lipinski definition) is 2. The summed E-state index contributed by atoms with van der Waals surface area (Å²) in [7, 11) is 1.60. The maximum Gasteiger partial charge on any atom is 0.228 e. The van der Waals surface area contributed by atoms with Crippen molar-refractivity contribution < 1.29 is 14.0 Å². The summed E-state index contributed by atoms with van der Waals surface area (Å²) in [5, 5.41) is 5.42. The van der Waals surface area contributed by atoms with Gasteiger partial charge in [0.05, 0.1) is 6.42 Å². The molecule has 0 spiro atoms. The smallest absolute Gasteiger partial charge is 0.228 e. The molecular formula is C19H19FN2O2. The lowest BCUT2D eigenvalue weighted by Crippen LogP contribution is -2.20. The molecule has 5 heteroatoms. The van der Waals surface area contributed by atoms with Crippen molar-refractivity contribution in [2.75, 3.05) is 12.4 Å². The Morgan fingerprint density at radius 1 is 1.12 bits per heavy atom. The van der Waals surface area contributed by atoms with E-state index < -0.39 is 0 Å². The van der Waals surface area contributed by atoms with Gasteiger partial charge in [0.15, 0.2) is 0 Å². The molecule has 2 amide bonds. The first-order chi connectivity index (χ1) is 11.6. The Morgan fingerprint density at radius 2 is 1.83 bits per heavy atom. The average Bonchev–Trinajstić information content (AvgIpc) is 3.37. The summed E-state index contributed by atoms with van der Waals surface area (Å²) in [4.78, 5) is 23.6. The third-order valence-corrected chi connectivity index (χ3v) is 4.30. The van der Waals surface area contributed by atoms with Crippen LogP contribution in [0.3, 0.4) is 0 Å². The van der Waals surface area contributed by atoms with Crippen LogP contribution in [-0.2, 0) is 16.0 Å². The van der Waals surface area contributed by atoms with E-state index in [-0.39, 0.29) is 29.5 Å². The van der Waals surface area contributed by atoms with Gasteiger partial charge in [0, 0.05) is 18.7 Å². The summed E-state index contributed by atoms with van der Waals surface area (Å²) in [5.74, 6) is -0.637. The first-order valence-corrected chi connectivity index (χ1v) is 7.93. The monoisotopic (exact) mass is 326 g/mol. The highest BCUT2D eigenvalue weighted by atomic mass is 19.1. The Bertz CT molecular complexity index is 758. The summed E-state index contributed by atoms with van der Waals surface area (Å²) >= 11 is 0. The van der Waals surface area contributed by atoms with Gasteiger partial charge in [-0.25, -0.2) is 4.39 Å². The van der Waals surface area contributed by atoms with Crippen molar-refractivity contribution in [1.29, 1.82) is 0 Å². The molecule has 1 aliphatic carbocycles. The van der Waals surface area contributed by atoms with Gasteiger partial charge in [-0.3, -0.25) is 9.59 Å². The van der Waals surface area contributed by atoms with Crippen LogP contribution in [0.4, 0.5) is 10.1 Å².